The maximum atomic E-state index is 13.5. The summed E-state index contributed by atoms with van der Waals surface area (Å²) in [4.78, 5) is 27.3. The van der Waals surface area contributed by atoms with Crippen LogP contribution in [-0.4, -0.2) is 48.1 Å². The number of hydrogen-bond donors (Lipinski definition) is 1. The monoisotopic (exact) mass is 445 g/mol. The summed E-state index contributed by atoms with van der Waals surface area (Å²) in [6, 6.07) is 9.22. The fourth-order valence-electron chi connectivity index (χ4n) is 4.03. The van der Waals surface area contributed by atoms with E-state index in [1.165, 1.54) is 54.5 Å². The molecule has 1 N–H and O–H groups in total. The average molecular weight is 446 g/mol. The zero-order chi connectivity index (χ0) is 22.1. The molecule has 0 radical (unpaired) electrons. The van der Waals surface area contributed by atoms with E-state index in [0.717, 1.165) is 12.8 Å². The molecule has 2 aliphatic heterocycles. The van der Waals surface area contributed by atoms with Gasteiger partial charge in [-0.05, 0) is 48.7 Å². The topological polar surface area (TPSA) is 76.1 Å². The summed E-state index contributed by atoms with van der Waals surface area (Å²) in [6.07, 6.45) is 1.45. The summed E-state index contributed by atoms with van der Waals surface area (Å²) in [5.74, 6) is -2.01. The second kappa shape index (κ2) is 8.69. The molecule has 2 fully saturated rings. The molecule has 1 amide bonds. The Morgan fingerprint density at radius 2 is 2.00 bits per heavy atom. The van der Waals surface area contributed by atoms with E-state index in [-0.39, 0.29) is 29.5 Å². The molecular formula is C23H21ClFNO5. The SMILES string of the molecule is COc1cc(/C(O)=C2/C(=O)C(=O)N(CC3CCCO3)C2c2ccc(F)cc2)ccc1Cl. The highest BCUT2D eigenvalue weighted by Gasteiger charge is 2.47. The van der Waals surface area contributed by atoms with Crippen LogP contribution in [0.5, 0.6) is 5.75 Å². The van der Waals surface area contributed by atoms with Crippen molar-refractivity contribution < 1.29 is 28.6 Å². The number of carbonyl (C=O) groups is 2. The minimum Gasteiger partial charge on any atom is -0.507 e. The van der Waals surface area contributed by atoms with Crippen LogP contribution in [0.15, 0.2) is 48.0 Å². The minimum absolute atomic E-state index is 0.0704. The van der Waals surface area contributed by atoms with Gasteiger partial charge in [0.25, 0.3) is 11.7 Å². The molecule has 2 atom stereocenters. The third-order valence-electron chi connectivity index (χ3n) is 5.57. The molecule has 8 heteroatoms. The Bertz CT molecular complexity index is 1050. The van der Waals surface area contributed by atoms with E-state index in [4.69, 9.17) is 21.1 Å². The van der Waals surface area contributed by atoms with Crippen LogP contribution < -0.4 is 4.74 Å². The Balaban J connectivity index is 1.83. The molecule has 6 nitrogen and oxygen atoms in total. The molecule has 162 valence electrons. The lowest BCUT2D eigenvalue weighted by atomic mass is 9.95. The first kappa shape index (κ1) is 21.3. The summed E-state index contributed by atoms with van der Waals surface area (Å²) in [5.41, 5.74) is 0.725. The second-order valence-electron chi connectivity index (χ2n) is 7.49. The van der Waals surface area contributed by atoms with Crippen LogP contribution in [0.2, 0.25) is 5.02 Å². The molecule has 0 bridgehead atoms. The van der Waals surface area contributed by atoms with Crippen molar-refractivity contribution in [3.05, 3.63) is 70.0 Å². The van der Waals surface area contributed by atoms with Crippen molar-refractivity contribution in [1.82, 2.24) is 4.90 Å². The molecule has 0 aliphatic carbocycles. The summed E-state index contributed by atoms with van der Waals surface area (Å²) in [6.45, 7) is 0.799. The number of halogens is 2. The number of carbonyl (C=O) groups excluding carboxylic acids is 2. The lowest BCUT2D eigenvalue weighted by Gasteiger charge is -2.27. The van der Waals surface area contributed by atoms with Crippen molar-refractivity contribution in [3.63, 3.8) is 0 Å². The third kappa shape index (κ3) is 4.03. The predicted octanol–water partition coefficient (Wildman–Crippen LogP) is 4.09. The number of ketones is 1. The first-order chi connectivity index (χ1) is 14.9. The Hall–Kier alpha value is -2.90. The van der Waals surface area contributed by atoms with Gasteiger partial charge in [0.05, 0.1) is 29.9 Å². The number of nitrogens with zero attached hydrogens (tertiary/aromatic N) is 1. The highest BCUT2D eigenvalue weighted by atomic mass is 35.5. The maximum absolute atomic E-state index is 13.5. The Morgan fingerprint density at radius 1 is 1.26 bits per heavy atom. The molecule has 2 heterocycles. The Labute approximate surface area is 183 Å². The number of aliphatic hydroxyl groups excluding tert-OH is 1. The van der Waals surface area contributed by atoms with Crippen LogP contribution in [0.4, 0.5) is 4.39 Å². The predicted molar refractivity (Wildman–Crippen MR) is 112 cm³/mol. The lowest BCUT2D eigenvalue weighted by Crippen LogP contribution is -2.36. The highest BCUT2D eigenvalue weighted by molar-refractivity contribution is 6.46. The smallest absolute Gasteiger partial charge is 0.295 e. The van der Waals surface area contributed by atoms with Crippen molar-refractivity contribution in [3.8, 4) is 5.75 Å². The number of amides is 1. The summed E-state index contributed by atoms with van der Waals surface area (Å²) in [7, 11) is 1.43. The van der Waals surface area contributed by atoms with E-state index >= 15 is 0 Å². The minimum atomic E-state index is -0.869. The van der Waals surface area contributed by atoms with Crippen molar-refractivity contribution >= 4 is 29.1 Å². The molecule has 0 spiro atoms. The third-order valence-corrected chi connectivity index (χ3v) is 5.89. The second-order valence-corrected chi connectivity index (χ2v) is 7.89. The van der Waals surface area contributed by atoms with Crippen LogP contribution in [0, 0.1) is 5.82 Å². The number of rotatable bonds is 5. The van der Waals surface area contributed by atoms with Gasteiger partial charge in [-0.3, -0.25) is 9.59 Å². The van der Waals surface area contributed by atoms with Gasteiger partial charge in [-0.1, -0.05) is 23.7 Å². The Morgan fingerprint density at radius 3 is 2.65 bits per heavy atom. The summed E-state index contributed by atoms with van der Waals surface area (Å²) < 4.78 is 24.4. The first-order valence-electron chi connectivity index (χ1n) is 9.90. The molecule has 2 unspecified atom stereocenters. The molecule has 2 saturated heterocycles. The number of likely N-dealkylation sites (tertiary alicyclic amines) is 1. The van der Waals surface area contributed by atoms with Gasteiger partial charge in [-0.2, -0.15) is 0 Å². The molecule has 2 aliphatic rings. The van der Waals surface area contributed by atoms with Crippen molar-refractivity contribution in [2.75, 3.05) is 20.3 Å². The quantitative estimate of drug-likeness (QED) is 0.426. The number of methoxy groups -OCH3 is 1. The standard InChI is InChI=1S/C23H21ClFNO5/c1-30-18-11-14(6-9-17(18)24)21(27)19-20(13-4-7-15(25)8-5-13)26(23(29)22(19)28)12-16-3-2-10-31-16/h4-9,11,16,20,27H,2-3,10,12H2,1H3/b21-19-. The van der Waals surface area contributed by atoms with E-state index in [2.05, 4.69) is 0 Å². The fraction of sp³-hybridized carbons (Fsp3) is 0.304. The summed E-state index contributed by atoms with van der Waals surface area (Å²) >= 11 is 6.07. The zero-order valence-electron chi connectivity index (χ0n) is 16.8. The molecule has 4 rings (SSSR count). The van der Waals surface area contributed by atoms with Crippen molar-refractivity contribution in [2.45, 2.75) is 25.0 Å². The maximum Gasteiger partial charge on any atom is 0.295 e. The van der Waals surface area contributed by atoms with E-state index in [1.807, 2.05) is 0 Å². The largest absolute Gasteiger partial charge is 0.507 e. The summed E-state index contributed by atoms with van der Waals surface area (Å²) in [5, 5.41) is 11.4. The van der Waals surface area contributed by atoms with Gasteiger partial charge < -0.3 is 19.5 Å². The number of ether oxygens (including phenoxy) is 2. The first-order valence-corrected chi connectivity index (χ1v) is 10.3. The van der Waals surface area contributed by atoms with E-state index in [0.29, 0.717) is 22.9 Å². The van der Waals surface area contributed by atoms with Crippen LogP contribution in [-0.2, 0) is 14.3 Å². The van der Waals surface area contributed by atoms with Gasteiger partial charge >= 0.3 is 0 Å². The van der Waals surface area contributed by atoms with Crippen molar-refractivity contribution in [2.24, 2.45) is 0 Å². The fourth-order valence-corrected chi connectivity index (χ4v) is 4.22. The molecule has 2 aromatic carbocycles. The molecule has 0 aromatic heterocycles. The van der Waals surface area contributed by atoms with E-state index in [1.54, 1.807) is 0 Å². The highest BCUT2D eigenvalue weighted by Crippen LogP contribution is 2.41. The van der Waals surface area contributed by atoms with Crippen LogP contribution in [0.3, 0.4) is 0 Å². The number of Topliss-reactive ketones (excluding diaryl/α,β-unsaturated/α-hetero) is 1. The van der Waals surface area contributed by atoms with Gasteiger partial charge in [-0.15, -0.1) is 0 Å². The van der Waals surface area contributed by atoms with Gasteiger partial charge in [0.1, 0.15) is 17.3 Å². The zero-order valence-corrected chi connectivity index (χ0v) is 17.6. The van der Waals surface area contributed by atoms with Gasteiger partial charge in [0.15, 0.2) is 0 Å². The molecule has 31 heavy (non-hydrogen) atoms. The lowest BCUT2D eigenvalue weighted by molar-refractivity contribution is -0.140. The van der Waals surface area contributed by atoms with Crippen molar-refractivity contribution in [1.29, 1.82) is 0 Å². The van der Waals surface area contributed by atoms with Gasteiger partial charge in [0, 0.05) is 18.7 Å². The molecule has 0 saturated carbocycles. The van der Waals surface area contributed by atoms with Gasteiger partial charge in [0.2, 0.25) is 0 Å². The van der Waals surface area contributed by atoms with E-state index < -0.39 is 23.5 Å². The number of aliphatic hydroxyl groups is 1. The normalized spacial score (nSPS) is 22.9. The van der Waals surface area contributed by atoms with Crippen LogP contribution in [0.1, 0.15) is 30.0 Å². The average Bonchev–Trinajstić information content (AvgIpc) is 3.37. The molecular weight excluding hydrogens is 425 g/mol. The molecule has 2 aromatic rings. The van der Waals surface area contributed by atoms with Crippen LogP contribution in [0.25, 0.3) is 5.76 Å². The van der Waals surface area contributed by atoms with Gasteiger partial charge in [-0.25, -0.2) is 4.39 Å². The Kier molecular flexibility index (Phi) is 5.98. The van der Waals surface area contributed by atoms with E-state index in [9.17, 15) is 19.1 Å². The number of hydrogen-bond acceptors (Lipinski definition) is 5. The number of benzene rings is 2. The van der Waals surface area contributed by atoms with Crippen LogP contribution >= 0.6 is 11.6 Å².